The molecule has 1 heterocycles. The smallest absolute Gasteiger partial charge is 0.338 e. The lowest BCUT2D eigenvalue weighted by atomic mass is 9.97. The maximum absolute atomic E-state index is 13.5. The van der Waals surface area contributed by atoms with Gasteiger partial charge in [-0.05, 0) is 48.5 Å². The molecular formula is C37H32O11. The van der Waals surface area contributed by atoms with E-state index in [9.17, 15) is 24.0 Å². The van der Waals surface area contributed by atoms with E-state index >= 15 is 0 Å². The fourth-order valence-corrected chi connectivity index (χ4v) is 4.84. The third-order valence-electron chi connectivity index (χ3n) is 7.27. The quantitative estimate of drug-likeness (QED) is 0.156. The lowest BCUT2D eigenvalue weighted by Crippen LogP contribution is -2.63. The Hall–Kier alpha value is -5.81. The first kappa shape index (κ1) is 33.6. The van der Waals surface area contributed by atoms with Crippen molar-refractivity contribution in [3.63, 3.8) is 0 Å². The maximum atomic E-state index is 13.5. The van der Waals surface area contributed by atoms with Crippen molar-refractivity contribution < 1.29 is 52.4 Å². The Labute approximate surface area is 276 Å². The SMILES string of the molecule is CCC(=O)O[C@@H]1O[C@H](COC(=O)c2ccccc2)[C@H](OC(=O)c2ccccc2)[C@H](OC(=O)c2ccccc2)[C@H]1OC(=O)c1ccccc1. The molecule has 0 bridgehead atoms. The summed E-state index contributed by atoms with van der Waals surface area (Å²) in [7, 11) is 0. The first-order valence-electron chi connectivity index (χ1n) is 15.2. The molecule has 0 radical (unpaired) electrons. The molecule has 1 saturated heterocycles. The minimum atomic E-state index is -1.66. The number of hydrogen-bond donors (Lipinski definition) is 0. The molecule has 48 heavy (non-hydrogen) atoms. The zero-order valence-corrected chi connectivity index (χ0v) is 25.8. The van der Waals surface area contributed by atoms with Crippen LogP contribution in [0.1, 0.15) is 54.8 Å². The average molecular weight is 653 g/mol. The van der Waals surface area contributed by atoms with Crippen molar-refractivity contribution in [2.24, 2.45) is 0 Å². The summed E-state index contributed by atoms with van der Waals surface area (Å²) in [6.45, 7) is 1.02. The maximum Gasteiger partial charge on any atom is 0.338 e. The standard InChI is InChI=1S/C37H32O11/c1-2-29(38)45-37-32(48-36(42)27-21-13-6-14-22-27)31(47-35(41)26-19-11-5-12-20-26)30(46-34(40)25-17-9-4-10-18-25)28(44-37)23-43-33(39)24-15-7-3-8-16-24/h3-22,28,30-32,37H,2,23H2,1H3/t28-,30+,31+,32-,37+/m1/s1. The summed E-state index contributed by atoms with van der Waals surface area (Å²) in [4.78, 5) is 65.9. The second-order valence-electron chi connectivity index (χ2n) is 10.6. The van der Waals surface area contributed by atoms with Crippen LogP contribution in [0.4, 0.5) is 0 Å². The van der Waals surface area contributed by atoms with Gasteiger partial charge in [0.05, 0.1) is 22.3 Å². The molecule has 0 N–H and O–H groups in total. The van der Waals surface area contributed by atoms with Crippen molar-refractivity contribution in [1.82, 2.24) is 0 Å². The predicted octanol–water partition coefficient (Wildman–Crippen LogP) is 5.20. The van der Waals surface area contributed by atoms with E-state index in [1.165, 1.54) is 36.4 Å². The topological polar surface area (TPSA) is 141 Å². The second kappa shape index (κ2) is 16.1. The highest BCUT2D eigenvalue weighted by Crippen LogP contribution is 2.32. The fraction of sp³-hybridized carbons (Fsp3) is 0.216. The number of hydrogen-bond acceptors (Lipinski definition) is 11. The van der Waals surface area contributed by atoms with Crippen molar-refractivity contribution in [2.45, 2.75) is 44.1 Å². The van der Waals surface area contributed by atoms with E-state index < -0.39 is 67.2 Å². The van der Waals surface area contributed by atoms with Crippen LogP contribution in [-0.4, -0.2) is 67.2 Å². The van der Waals surface area contributed by atoms with Gasteiger partial charge in [0, 0.05) is 6.42 Å². The Kier molecular flexibility index (Phi) is 11.3. The van der Waals surface area contributed by atoms with Crippen molar-refractivity contribution in [1.29, 1.82) is 0 Å². The molecule has 4 aromatic carbocycles. The highest BCUT2D eigenvalue weighted by molar-refractivity contribution is 5.91. The number of esters is 5. The first-order valence-corrected chi connectivity index (χ1v) is 15.2. The van der Waals surface area contributed by atoms with E-state index in [1.807, 2.05) is 0 Å². The zero-order valence-electron chi connectivity index (χ0n) is 25.8. The molecule has 0 aliphatic carbocycles. The van der Waals surface area contributed by atoms with Gasteiger partial charge in [-0.15, -0.1) is 0 Å². The van der Waals surface area contributed by atoms with Crippen LogP contribution in [0.25, 0.3) is 0 Å². The van der Waals surface area contributed by atoms with Crippen LogP contribution in [0, 0.1) is 0 Å². The van der Waals surface area contributed by atoms with E-state index in [0.29, 0.717) is 0 Å². The van der Waals surface area contributed by atoms with Gasteiger partial charge in [0.15, 0.2) is 12.2 Å². The van der Waals surface area contributed by atoms with Crippen LogP contribution in [0.5, 0.6) is 0 Å². The fourth-order valence-electron chi connectivity index (χ4n) is 4.84. The van der Waals surface area contributed by atoms with Crippen LogP contribution >= 0.6 is 0 Å². The molecule has 4 aromatic rings. The van der Waals surface area contributed by atoms with Gasteiger partial charge in [0.25, 0.3) is 0 Å². The summed E-state index contributed by atoms with van der Waals surface area (Å²) in [5.41, 5.74) is 0.673. The van der Waals surface area contributed by atoms with E-state index in [-0.39, 0.29) is 28.7 Å². The van der Waals surface area contributed by atoms with Crippen molar-refractivity contribution in [3.05, 3.63) is 144 Å². The highest BCUT2D eigenvalue weighted by atomic mass is 16.7. The molecule has 1 fully saturated rings. The summed E-state index contributed by atoms with van der Waals surface area (Å²) < 4.78 is 34.9. The van der Waals surface area contributed by atoms with Crippen LogP contribution in [-0.2, 0) is 33.2 Å². The van der Waals surface area contributed by atoms with Gasteiger partial charge in [-0.3, -0.25) is 4.79 Å². The lowest BCUT2D eigenvalue weighted by Gasteiger charge is -2.43. The Morgan fingerprint density at radius 3 is 1.29 bits per heavy atom. The monoisotopic (exact) mass is 652 g/mol. The molecule has 5 atom stereocenters. The number of carbonyl (C=O) groups excluding carboxylic acids is 5. The van der Waals surface area contributed by atoms with Gasteiger partial charge in [-0.25, -0.2) is 19.2 Å². The Morgan fingerprint density at radius 1 is 0.500 bits per heavy atom. The summed E-state index contributed by atoms with van der Waals surface area (Å²) in [6.07, 6.45) is -7.86. The molecule has 0 saturated carbocycles. The Balaban J connectivity index is 1.55. The summed E-state index contributed by atoms with van der Waals surface area (Å²) >= 11 is 0. The molecule has 11 heteroatoms. The zero-order chi connectivity index (χ0) is 33.9. The molecule has 0 unspecified atom stereocenters. The predicted molar refractivity (Wildman–Crippen MR) is 169 cm³/mol. The Bertz CT molecular complexity index is 1690. The van der Waals surface area contributed by atoms with Crippen LogP contribution in [0.3, 0.4) is 0 Å². The molecular weight excluding hydrogens is 620 g/mol. The minimum absolute atomic E-state index is 0.0756. The number of benzene rings is 4. The van der Waals surface area contributed by atoms with Crippen LogP contribution in [0.15, 0.2) is 121 Å². The Morgan fingerprint density at radius 2 is 0.875 bits per heavy atom. The molecule has 246 valence electrons. The number of rotatable bonds is 11. The van der Waals surface area contributed by atoms with E-state index in [1.54, 1.807) is 91.9 Å². The molecule has 0 amide bonds. The van der Waals surface area contributed by atoms with Gasteiger partial charge < -0.3 is 28.4 Å². The molecule has 0 aromatic heterocycles. The second-order valence-corrected chi connectivity index (χ2v) is 10.6. The molecule has 0 spiro atoms. The third kappa shape index (κ3) is 8.51. The van der Waals surface area contributed by atoms with Gasteiger partial charge in [-0.2, -0.15) is 0 Å². The largest absolute Gasteiger partial charge is 0.459 e. The van der Waals surface area contributed by atoms with Gasteiger partial charge in [0.1, 0.15) is 12.7 Å². The summed E-state index contributed by atoms with van der Waals surface area (Å²) in [5, 5.41) is 0. The van der Waals surface area contributed by atoms with E-state index in [0.717, 1.165) is 0 Å². The van der Waals surface area contributed by atoms with Gasteiger partial charge in [-0.1, -0.05) is 79.7 Å². The van der Waals surface area contributed by atoms with E-state index in [4.69, 9.17) is 28.4 Å². The van der Waals surface area contributed by atoms with E-state index in [2.05, 4.69) is 0 Å². The first-order chi connectivity index (χ1) is 23.3. The average Bonchev–Trinajstić information content (AvgIpc) is 3.14. The minimum Gasteiger partial charge on any atom is -0.459 e. The molecule has 1 aliphatic heterocycles. The van der Waals surface area contributed by atoms with Gasteiger partial charge in [0.2, 0.25) is 12.4 Å². The van der Waals surface area contributed by atoms with Crippen molar-refractivity contribution in [2.75, 3.05) is 6.61 Å². The van der Waals surface area contributed by atoms with Crippen LogP contribution < -0.4 is 0 Å². The number of carbonyl (C=O) groups is 5. The van der Waals surface area contributed by atoms with Crippen molar-refractivity contribution >= 4 is 29.8 Å². The van der Waals surface area contributed by atoms with Crippen molar-refractivity contribution in [3.8, 4) is 0 Å². The molecule has 11 nitrogen and oxygen atoms in total. The normalized spacial score (nSPS) is 20.1. The molecule has 5 rings (SSSR count). The summed E-state index contributed by atoms with van der Waals surface area (Å²) in [5.74, 6) is -3.99. The number of ether oxygens (including phenoxy) is 6. The summed E-state index contributed by atoms with van der Waals surface area (Å²) in [6, 6.07) is 32.1. The highest BCUT2D eigenvalue weighted by Gasteiger charge is 2.54. The van der Waals surface area contributed by atoms with Gasteiger partial charge >= 0.3 is 29.8 Å². The van der Waals surface area contributed by atoms with Crippen LogP contribution in [0.2, 0.25) is 0 Å². The third-order valence-corrected chi connectivity index (χ3v) is 7.27. The lowest BCUT2D eigenvalue weighted by molar-refractivity contribution is -0.290. The molecule has 1 aliphatic rings.